The van der Waals surface area contributed by atoms with Crippen LogP contribution in [0.15, 0.2) is 12.1 Å². The predicted octanol–water partition coefficient (Wildman–Crippen LogP) is 2.32. The summed E-state index contributed by atoms with van der Waals surface area (Å²) >= 11 is 0. The summed E-state index contributed by atoms with van der Waals surface area (Å²) < 4.78 is 13.2. The van der Waals surface area contributed by atoms with Gasteiger partial charge in [0.05, 0.1) is 17.1 Å². The van der Waals surface area contributed by atoms with Gasteiger partial charge >= 0.3 is 0 Å². The molecule has 3 nitrogen and oxygen atoms in total. The molecule has 0 radical (unpaired) electrons. The minimum atomic E-state index is -0.342. The van der Waals surface area contributed by atoms with E-state index in [0.717, 1.165) is 24.5 Å². The van der Waals surface area contributed by atoms with Gasteiger partial charge in [0.15, 0.2) is 0 Å². The van der Waals surface area contributed by atoms with E-state index in [2.05, 4.69) is 4.90 Å². The Balaban J connectivity index is 0.000000606. The smallest absolute Gasteiger partial charge is 0.148 e. The number of nitrogens with two attached hydrogens (primary N) is 1. The fourth-order valence-electron chi connectivity index (χ4n) is 1.72. The topological polar surface area (TPSA) is 32.5 Å². The normalized spacial score (nSPS) is 14.1. The van der Waals surface area contributed by atoms with Crippen molar-refractivity contribution in [1.29, 1.82) is 0 Å². The van der Waals surface area contributed by atoms with Crippen LogP contribution in [0.1, 0.15) is 13.8 Å². The first kappa shape index (κ1) is 12.6. The van der Waals surface area contributed by atoms with E-state index in [1.54, 1.807) is 6.07 Å². The van der Waals surface area contributed by atoms with Gasteiger partial charge in [-0.15, -0.1) is 0 Å². The molecular formula is C12H20FN3. The molecule has 0 aliphatic carbocycles. The largest absolute Gasteiger partial charge is 0.396 e. The van der Waals surface area contributed by atoms with Gasteiger partial charge in [0, 0.05) is 33.3 Å². The molecule has 4 heteroatoms. The fourth-order valence-corrected chi connectivity index (χ4v) is 1.72. The Morgan fingerprint density at radius 3 is 2.00 bits per heavy atom. The van der Waals surface area contributed by atoms with Crippen molar-refractivity contribution in [3.63, 3.8) is 0 Å². The number of nitrogens with zero attached hydrogens (tertiary/aromatic N) is 2. The van der Waals surface area contributed by atoms with Crippen molar-refractivity contribution in [3.8, 4) is 0 Å². The number of rotatable bonds is 0. The van der Waals surface area contributed by atoms with Gasteiger partial charge in [0.25, 0.3) is 0 Å². The second-order valence-electron chi connectivity index (χ2n) is 3.71. The first-order chi connectivity index (χ1) is 7.59. The zero-order valence-electron chi connectivity index (χ0n) is 10.4. The lowest BCUT2D eigenvalue weighted by Crippen LogP contribution is -2.36. The van der Waals surface area contributed by atoms with E-state index in [9.17, 15) is 4.39 Å². The third-order valence-corrected chi connectivity index (χ3v) is 2.69. The summed E-state index contributed by atoms with van der Waals surface area (Å²) in [7, 11) is 3.95. The maximum Gasteiger partial charge on any atom is 0.148 e. The number of hydrogen-bond donors (Lipinski definition) is 1. The molecule has 0 amide bonds. The van der Waals surface area contributed by atoms with Crippen molar-refractivity contribution in [2.45, 2.75) is 13.8 Å². The molecule has 2 N–H and O–H groups in total. The Bertz CT molecular complexity index is 331. The lowest BCUT2D eigenvalue weighted by molar-refractivity contribution is 0.630. The van der Waals surface area contributed by atoms with Crippen LogP contribution in [0.4, 0.5) is 21.5 Å². The lowest BCUT2D eigenvalue weighted by atomic mass is 10.1. The highest BCUT2D eigenvalue weighted by Gasteiger charge is 2.19. The summed E-state index contributed by atoms with van der Waals surface area (Å²) in [6, 6.07) is 3.20. The Morgan fingerprint density at radius 2 is 1.50 bits per heavy atom. The van der Waals surface area contributed by atoms with Crippen LogP contribution in [-0.4, -0.2) is 27.2 Å². The molecule has 1 aromatic carbocycles. The molecule has 0 atom stereocenters. The molecule has 1 aliphatic heterocycles. The van der Waals surface area contributed by atoms with Gasteiger partial charge in [0.2, 0.25) is 0 Å². The SMILES string of the molecule is CC.CN1CCN(C)c2cc(F)c(N)cc21. The van der Waals surface area contributed by atoms with Crippen LogP contribution in [0.2, 0.25) is 0 Å². The molecule has 0 bridgehead atoms. The van der Waals surface area contributed by atoms with Gasteiger partial charge in [0.1, 0.15) is 5.82 Å². The zero-order valence-corrected chi connectivity index (χ0v) is 10.4. The Morgan fingerprint density at radius 1 is 1.06 bits per heavy atom. The molecule has 16 heavy (non-hydrogen) atoms. The maximum absolute atomic E-state index is 13.2. The van der Waals surface area contributed by atoms with Crippen molar-refractivity contribution < 1.29 is 4.39 Å². The van der Waals surface area contributed by atoms with Gasteiger partial charge in [-0.1, -0.05) is 13.8 Å². The molecule has 0 unspecified atom stereocenters. The third-order valence-electron chi connectivity index (χ3n) is 2.69. The van der Waals surface area contributed by atoms with Crippen molar-refractivity contribution in [2.24, 2.45) is 0 Å². The first-order valence-electron chi connectivity index (χ1n) is 5.61. The van der Waals surface area contributed by atoms with E-state index >= 15 is 0 Å². The van der Waals surface area contributed by atoms with E-state index in [1.807, 2.05) is 32.8 Å². The Labute approximate surface area is 96.6 Å². The Kier molecular flexibility index (Phi) is 3.99. The van der Waals surface area contributed by atoms with Crippen molar-refractivity contribution in [3.05, 3.63) is 17.9 Å². The molecule has 0 aromatic heterocycles. The molecule has 1 heterocycles. The monoisotopic (exact) mass is 225 g/mol. The maximum atomic E-state index is 13.2. The number of nitrogen functional groups attached to an aromatic ring is 1. The summed E-state index contributed by atoms with van der Waals surface area (Å²) in [6.07, 6.45) is 0. The Hall–Kier alpha value is -1.45. The molecular weight excluding hydrogens is 205 g/mol. The first-order valence-corrected chi connectivity index (χ1v) is 5.61. The number of hydrogen-bond acceptors (Lipinski definition) is 3. The summed E-state index contributed by atoms with van der Waals surface area (Å²) in [5.41, 5.74) is 7.65. The molecule has 1 aliphatic rings. The second-order valence-corrected chi connectivity index (χ2v) is 3.71. The van der Waals surface area contributed by atoms with E-state index in [1.165, 1.54) is 6.07 Å². The zero-order chi connectivity index (χ0) is 12.3. The van der Waals surface area contributed by atoms with Gasteiger partial charge < -0.3 is 15.5 Å². The molecule has 0 fully saturated rings. The van der Waals surface area contributed by atoms with Crippen LogP contribution in [0, 0.1) is 5.82 Å². The molecule has 0 spiro atoms. The highest BCUT2D eigenvalue weighted by atomic mass is 19.1. The van der Waals surface area contributed by atoms with Crippen molar-refractivity contribution >= 4 is 17.1 Å². The summed E-state index contributed by atoms with van der Waals surface area (Å²) in [6.45, 7) is 5.85. The molecule has 0 saturated carbocycles. The molecule has 90 valence electrons. The van der Waals surface area contributed by atoms with E-state index in [4.69, 9.17) is 5.73 Å². The van der Waals surface area contributed by atoms with Crippen molar-refractivity contribution in [1.82, 2.24) is 0 Å². The van der Waals surface area contributed by atoms with Crippen molar-refractivity contribution in [2.75, 3.05) is 42.7 Å². The van der Waals surface area contributed by atoms with Crippen LogP contribution in [0.3, 0.4) is 0 Å². The number of anilines is 3. The third kappa shape index (κ3) is 2.21. The minimum Gasteiger partial charge on any atom is -0.396 e. The number of likely N-dealkylation sites (N-methyl/N-ethyl adjacent to an activating group) is 2. The van der Waals surface area contributed by atoms with Gasteiger partial charge in [-0.05, 0) is 6.07 Å². The van der Waals surface area contributed by atoms with Gasteiger partial charge in [-0.3, -0.25) is 0 Å². The average Bonchev–Trinajstić information content (AvgIpc) is 2.29. The highest BCUT2D eigenvalue weighted by molar-refractivity contribution is 5.76. The second kappa shape index (κ2) is 5.05. The van der Waals surface area contributed by atoms with Crippen LogP contribution < -0.4 is 15.5 Å². The predicted molar refractivity (Wildman–Crippen MR) is 68.7 cm³/mol. The van der Waals surface area contributed by atoms with Crippen LogP contribution in [0.25, 0.3) is 0 Å². The van der Waals surface area contributed by atoms with E-state index in [0.29, 0.717) is 0 Å². The number of benzene rings is 1. The average molecular weight is 225 g/mol. The molecule has 2 rings (SSSR count). The van der Waals surface area contributed by atoms with Crippen LogP contribution >= 0.6 is 0 Å². The summed E-state index contributed by atoms with van der Waals surface area (Å²) in [5.74, 6) is -0.342. The number of halogens is 1. The van der Waals surface area contributed by atoms with Gasteiger partial charge in [-0.2, -0.15) is 0 Å². The van der Waals surface area contributed by atoms with E-state index in [-0.39, 0.29) is 11.5 Å². The summed E-state index contributed by atoms with van der Waals surface area (Å²) in [4.78, 5) is 4.13. The van der Waals surface area contributed by atoms with Crippen LogP contribution in [-0.2, 0) is 0 Å². The van der Waals surface area contributed by atoms with Crippen LogP contribution in [0.5, 0.6) is 0 Å². The van der Waals surface area contributed by atoms with Gasteiger partial charge in [-0.25, -0.2) is 4.39 Å². The molecule has 0 saturated heterocycles. The standard InChI is InChI=1S/C10H14FN3.C2H6/c1-13-3-4-14(2)10-6-8(12)7(11)5-9(10)13;1-2/h5-6H,3-4,12H2,1-2H3;1-2H3. The lowest BCUT2D eigenvalue weighted by Gasteiger charge is -2.34. The van der Waals surface area contributed by atoms with E-state index < -0.39 is 0 Å². The fraction of sp³-hybridized carbons (Fsp3) is 0.500. The minimum absolute atomic E-state index is 0.214. The molecule has 1 aromatic rings. The quantitative estimate of drug-likeness (QED) is 0.688. The summed E-state index contributed by atoms with van der Waals surface area (Å²) in [5, 5.41) is 0. The highest BCUT2D eigenvalue weighted by Crippen LogP contribution is 2.34. The number of fused-ring (bicyclic) bond motifs is 1.